The normalized spacial score (nSPS) is 10.8. The third-order valence-electron chi connectivity index (χ3n) is 3.23. The first-order chi connectivity index (χ1) is 11.2. The number of hydrogen-bond donors (Lipinski definition) is 1. The summed E-state index contributed by atoms with van der Waals surface area (Å²) in [6.07, 6.45) is 0.480. The van der Waals surface area contributed by atoms with Crippen molar-refractivity contribution in [3.63, 3.8) is 0 Å². The zero-order valence-corrected chi connectivity index (χ0v) is 14.7. The molecule has 1 aromatic heterocycles. The van der Waals surface area contributed by atoms with Gasteiger partial charge in [0.1, 0.15) is 0 Å². The summed E-state index contributed by atoms with van der Waals surface area (Å²) in [4.78, 5) is 16.4. The highest BCUT2D eigenvalue weighted by Crippen LogP contribution is 2.29. The third-order valence-corrected chi connectivity index (χ3v) is 5.66. The maximum Gasteiger partial charge on any atom is 0.221 e. The Morgan fingerprint density at radius 1 is 1.17 bits per heavy atom. The van der Waals surface area contributed by atoms with Crippen molar-refractivity contribution in [2.45, 2.75) is 17.3 Å². The van der Waals surface area contributed by atoms with Crippen LogP contribution in [0.25, 0.3) is 10.2 Å². The molecule has 0 radical (unpaired) electrons. The predicted molar refractivity (Wildman–Crippen MR) is 98.3 cm³/mol. The third kappa shape index (κ3) is 4.70. The summed E-state index contributed by atoms with van der Waals surface area (Å²) in [6, 6.07) is 15.6. The van der Waals surface area contributed by atoms with E-state index in [0.29, 0.717) is 18.0 Å². The minimum absolute atomic E-state index is 0.0496. The molecule has 2 aromatic carbocycles. The number of halogens is 1. The molecule has 0 unspecified atom stereocenters. The lowest BCUT2D eigenvalue weighted by molar-refractivity contribution is -0.120. The van der Waals surface area contributed by atoms with Crippen molar-refractivity contribution in [2.75, 3.05) is 5.75 Å². The Morgan fingerprint density at radius 2 is 1.96 bits per heavy atom. The quantitative estimate of drug-likeness (QED) is 0.643. The van der Waals surface area contributed by atoms with Crippen molar-refractivity contribution < 1.29 is 4.79 Å². The van der Waals surface area contributed by atoms with Crippen molar-refractivity contribution in [2.24, 2.45) is 0 Å². The van der Waals surface area contributed by atoms with E-state index >= 15 is 0 Å². The van der Waals surface area contributed by atoms with Crippen LogP contribution in [0.5, 0.6) is 0 Å². The Labute approximate surface area is 148 Å². The summed E-state index contributed by atoms with van der Waals surface area (Å²) in [6.45, 7) is 0.530. The Kier molecular flexibility index (Phi) is 5.54. The van der Waals surface area contributed by atoms with Gasteiger partial charge in [0, 0.05) is 23.7 Å². The molecule has 1 N–H and O–H groups in total. The smallest absolute Gasteiger partial charge is 0.221 e. The molecule has 6 heteroatoms. The van der Waals surface area contributed by atoms with E-state index in [1.54, 1.807) is 23.1 Å². The number of nitrogens with zero attached hydrogens (tertiary/aromatic N) is 1. The topological polar surface area (TPSA) is 42.0 Å². The molecule has 0 aliphatic rings. The van der Waals surface area contributed by atoms with E-state index in [0.717, 1.165) is 21.2 Å². The number of aromatic nitrogens is 1. The van der Waals surface area contributed by atoms with Gasteiger partial charge in [0.2, 0.25) is 5.91 Å². The molecule has 0 aliphatic heterocycles. The summed E-state index contributed by atoms with van der Waals surface area (Å²) >= 11 is 9.13. The number of amides is 1. The first-order valence-electron chi connectivity index (χ1n) is 7.20. The van der Waals surface area contributed by atoms with Crippen molar-refractivity contribution in [1.82, 2.24) is 10.3 Å². The lowest BCUT2D eigenvalue weighted by Crippen LogP contribution is -2.22. The highest BCUT2D eigenvalue weighted by atomic mass is 35.5. The zero-order valence-electron chi connectivity index (χ0n) is 12.3. The van der Waals surface area contributed by atoms with E-state index in [4.69, 9.17) is 11.6 Å². The summed E-state index contributed by atoms with van der Waals surface area (Å²) in [5, 5.41) is 3.62. The molecule has 3 rings (SSSR count). The molecule has 118 valence electrons. The fourth-order valence-electron chi connectivity index (χ4n) is 2.04. The van der Waals surface area contributed by atoms with Crippen LogP contribution in [0.2, 0.25) is 5.02 Å². The van der Waals surface area contributed by atoms with E-state index < -0.39 is 0 Å². The molecule has 3 nitrogen and oxygen atoms in total. The van der Waals surface area contributed by atoms with E-state index in [2.05, 4.69) is 16.4 Å². The Morgan fingerprint density at radius 3 is 2.74 bits per heavy atom. The number of hydrogen-bond acceptors (Lipinski definition) is 4. The van der Waals surface area contributed by atoms with Crippen LogP contribution in [0.15, 0.2) is 52.9 Å². The Bertz CT molecular complexity index is 769. The van der Waals surface area contributed by atoms with Crippen LogP contribution in [0.1, 0.15) is 12.0 Å². The second kappa shape index (κ2) is 7.81. The number of nitrogens with one attached hydrogen (secondary N) is 1. The Balaban J connectivity index is 1.43. The molecule has 0 saturated carbocycles. The molecule has 0 fully saturated rings. The molecule has 0 aliphatic carbocycles. The number of thiazole rings is 1. The highest BCUT2D eigenvalue weighted by molar-refractivity contribution is 8.01. The number of benzene rings is 2. The molecule has 1 amide bonds. The Hall–Kier alpha value is -1.56. The van der Waals surface area contributed by atoms with Gasteiger partial charge in [-0.2, -0.15) is 0 Å². The van der Waals surface area contributed by atoms with Crippen molar-refractivity contribution in [1.29, 1.82) is 0 Å². The molecule has 1 heterocycles. The molecule has 23 heavy (non-hydrogen) atoms. The van der Waals surface area contributed by atoms with Crippen molar-refractivity contribution in [3.05, 3.63) is 59.1 Å². The van der Waals surface area contributed by atoms with Gasteiger partial charge in [0.15, 0.2) is 4.34 Å². The number of carbonyl (C=O) groups excluding carboxylic acids is 1. The van der Waals surface area contributed by atoms with Crippen LogP contribution < -0.4 is 5.32 Å². The van der Waals surface area contributed by atoms with Crippen LogP contribution in [0.3, 0.4) is 0 Å². The lowest BCUT2D eigenvalue weighted by Gasteiger charge is -2.05. The molecule has 3 aromatic rings. The zero-order chi connectivity index (χ0) is 16.1. The molecule has 0 spiro atoms. The van der Waals surface area contributed by atoms with E-state index in [-0.39, 0.29) is 5.91 Å². The largest absolute Gasteiger partial charge is 0.352 e. The van der Waals surface area contributed by atoms with Gasteiger partial charge >= 0.3 is 0 Å². The standard InChI is InChI=1S/C17H15ClN2OS2/c18-13-7-5-12(6-8-13)11-19-16(21)9-10-22-17-20-14-3-1-2-4-15(14)23-17/h1-8H,9-11H2,(H,19,21). The van der Waals surface area contributed by atoms with Gasteiger partial charge in [0.05, 0.1) is 10.2 Å². The van der Waals surface area contributed by atoms with Crippen LogP contribution in [-0.4, -0.2) is 16.6 Å². The van der Waals surface area contributed by atoms with Crippen molar-refractivity contribution >= 4 is 50.8 Å². The molecular weight excluding hydrogens is 348 g/mol. The maximum atomic E-state index is 11.9. The highest BCUT2D eigenvalue weighted by Gasteiger charge is 2.06. The second-order valence-electron chi connectivity index (χ2n) is 4.95. The van der Waals surface area contributed by atoms with Crippen LogP contribution in [0.4, 0.5) is 0 Å². The van der Waals surface area contributed by atoms with Gasteiger partial charge in [-0.1, -0.05) is 47.6 Å². The monoisotopic (exact) mass is 362 g/mol. The van der Waals surface area contributed by atoms with Gasteiger partial charge in [0.25, 0.3) is 0 Å². The van der Waals surface area contributed by atoms with Crippen LogP contribution in [-0.2, 0) is 11.3 Å². The van der Waals surface area contributed by atoms with Crippen LogP contribution >= 0.6 is 34.7 Å². The van der Waals surface area contributed by atoms with E-state index in [1.807, 2.05) is 42.5 Å². The van der Waals surface area contributed by atoms with Gasteiger partial charge in [-0.05, 0) is 29.8 Å². The number of para-hydroxylation sites is 1. The lowest BCUT2D eigenvalue weighted by atomic mass is 10.2. The summed E-state index contributed by atoms with van der Waals surface area (Å²) < 4.78 is 2.19. The number of carbonyl (C=O) groups is 1. The number of thioether (sulfide) groups is 1. The minimum Gasteiger partial charge on any atom is -0.352 e. The first kappa shape index (κ1) is 16.3. The summed E-state index contributed by atoms with van der Waals surface area (Å²) in [5.74, 6) is 0.778. The second-order valence-corrected chi connectivity index (χ2v) is 7.76. The molecule has 0 saturated heterocycles. The van der Waals surface area contributed by atoms with Gasteiger partial charge < -0.3 is 5.32 Å². The maximum absolute atomic E-state index is 11.9. The molecular formula is C17H15ClN2OS2. The summed E-state index contributed by atoms with van der Waals surface area (Å²) in [7, 11) is 0. The predicted octanol–water partition coefficient (Wildman–Crippen LogP) is 4.75. The SMILES string of the molecule is O=C(CCSc1nc2ccccc2s1)NCc1ccc(Cl)cc1. The van der Waals surface area contributed by atoms with E-state index in [1.165, 1.54) is 4.70 Å². The van der Waals surface area contributed by atoms with Gasteiger partial charge in [-0.15, -0.1) is 11.3 Å². The molecule has 0 atom stereocenters. The number of fused-ring (bicyclic) bond motifs is 1. The van der Waals surface area contributed by atoms with Crippen molar-refractivity contribution in [3.8, 4) is 0 Å². The first-order valence-corrected chi connectivity index (χ1v) is 9.38. The average Bonchev–Trinajstić information content (AvgIpc) is 2.97. The van der Waals surface area contributed by atoms with E-state index in [9.17, 15) is 4.79 Å². The van der Waals surface area contributed by atoms with Gasteiger partial charge in [-0.25, -0.2) is 4.98 Å². The van der Waals surface area contributed by atoms with Gasteiger partial charge in [-0.3, -0.25) is 4.79 Å². The van der Waals surface area contributed by atoms with Crippen LogP contribution in [0, 0.1) is 0 Å². The fourth-order valence-corrected chi connectivity index (χ4v) is 4.24. The minimum atomic E-state index is 0.0496. The molecule has 0 bridgehead atoms. The summed E-state index contributed by atoms with van der Waals surface area (Å²) in [5.41, 5.74) is 2.06. The average molecular weight is 363 g/mol. The number of rotatable bonds is 6. The fraction of sp³-hybridized carbons (Fsp3) is 0.176.